The molecule has 0 spiro atoms. The van der Waals surface area contributed by atoms with E-state index in [4.69, 9.17) is 10.6 Å². The summed E-state index contributed by atoms with van der Waals surface area (Å²) in [6.07, 6.45) is 6.34. The van der Waals surface area contributed by atoms with Gasteiger partial charge in [0.1, 0.15) is 18.2 Å². The van der Waals surface area contributed by atoms with E-state index in [1.807, 2.05) is 0 Å². The normalized spacial score (nSPS) is 48.1. The molecular weight excluding hydrogens is 340 g/mol. The van der Waals surface area contributed by atoms with E-state index in [0.717, 1.165) is 37.8 Å². The number of hydrogen-bond acceptors (Lipinski definition) is 5. The second-order valence-electron chi connectivity index (χ2n) is 9.94. The van der Waals surface area contributed by atoms with Crippen LogP contribution in [0.5, 0.6) is 0 Å². The lowest BCUT2D eigenvalue weighted by molar-refractivity contribution is -0.155. The summed E-state index contributed by atoms with van der Waals surface area (Å²) >= 11 is 0. The standard InChI is InChI=1S/C22H34N2O3/c1-13-17(24-27-11-10-23)7-9-22(3)16-6-8-21(2)15(4-5-19(21)26)14(16)12-18(25)20(13)22/h13-16,20H,4-12,23H2,1-3H3/b24-17+/t13-,14+,15+,16+,20-,21+,22-/m1/s1. The summed E-state index contributed by atoms with van der Waals surface area (Å²) in [6, 6.07) is 0. The molecule has 4 rings (SSSR count). The Labute approximate surface area is 162 Å². The maximum Gasteiger partial charge on any atom is 0.139 e. The zero-order chi connectivity index (χ0) is 19.4. The molecule has 0 aromatic carbocycles. The van der Waals surface area contributed by atoms with Crippen LogP contribution in [0, 0.1) is 40.4 Å². The monoisotopic (exact) mass is 374 g/mol. The van der Waals surface area contributed by atoms with Crippen molar-refractivity contribution in [1.82, 2.24) is 0 Å². The smallest absolute Gasteiger partial charge is 0.139 e. The summed E-state index contributed by atoms with van der Waals surface area (Å²) in [5.74, 6) is 2.35. The number of ketones is 2. The Hall–Kier alpha value is -1.23. The molecule has 150 valence electrons. The van der Waals surface area contributed by atoms with Gasteiger partial charge in [-0.15, -0.1) is 0 Å². The number of fused-ring (bicyclic) bond motifs is 5. The first-order valence-corrected chi connectivity index (χ1v) is 10.8. The second kappa shape index (κ2) is 6.68. The van der Waals surface area contributed by atoms with Crippen LogP contribution in [0.4, 0.5) is 0 Å². The fraction of sp³-hybridized carbons (Fsp3) is 0.864. The Balaban J connectivity index is 1.62. The van der Waals surface area contributed by atoms with Gasteiger partial charge in [0.2, 0.25) is 0 Å². The fourth-order valence-electron chi connectivity index (χ4n) is 7.44. The van der Waals surface area contributed by atoms with Crippen molar-refractivity contribution in [3.63, 3.8) is 0 Å². The minimum Gasteiger partial charge on any atom is -0.394 e. The molecule has 0 bridgehead atoms. The summed E-state index contributed by atoms with van der Waals surface area (Å²) in [6.45, 7) is 7.54. The average molecular weight is 375 g/mol. The highest BCUT2D eigenvalue weighted by atomic mass is 16.6. The van der Waals surface area contributed by atoms with Crippen LogP contribution in [-0.2, 0) is 14.4 Å². The van der Waals surface area contributed by atoms with E-state index in [0.29, 0.717) is 55.3 Å². The largest absolute Gasteiger partial charge is 0.394 e. The highest BCUT2D eigenvalue weighted by Crippen LogP contribution is 2.65. The summed E-state index contributed by atoms with van der Waals surface area (Å²) in [5, 5.41) is 4.33. The molecular formula is C22H34N2O3. The highest BCUT2D eigenvalue weighted by Gasteiger charge is 2.63. The quantitative estimate of drug-likeness (QED) is 0.607. The van der Waals surface area contributed by atoms with Crippen molar-refractivity contribution in [2.75, 3.05) is 13.2 Å². The van der Waals surface area contributed by atoms with Gasteiger partial charge in [-0.05, 0) is 55.3 Å². The van der Waals surface area contributed by atoms with Crippen LogP contribution in [0.2, 0.25) is 0 Å². The van der Waals surface area contributed by atoms with E-state index in [1.165, 1.54) is 0 Å². The molecule has 0 saturated heterocycles. The molecule has 0 aliphatic heterocycles. The molecule has 0 amide bonds. The van der Waals surface area contributed by atoms with Crippen molar-refractivity contribution in [2.45, 2.75) is 65.7 Å². The molecule has 27 heavy (non-hydrogen) atoms. The van der Waals surface area contributed by atoms with Crippen LogP contribution < -0.4 is 5.73 Å². The molecule has 4 aliphatic carbocycles. The number of nitrogens with zero attached hydrogens (tertiary/aromatic N) is 1. The molecule has 7 atom stereocenters. The number of carbonyl (C=O) groups is 2. The molecule has 5 nitrogen and oxygen atoms in total. The van der Waals surface area contributed by atoms with Gasteiger partial charge < -0.3 is 10.6 Å². The van der Waals surface area contributed by atoms with E-state index in [1.54, 1.807) is 0 Å². The zero-order valence-electron chi connectivity index (χ0n) is 17.0. The summed E-state index contributed by atoms with van der Waals surface area (Å²) in [5.41, 5.74) is 6.37. The van der Waals surface area contributed by atoms with Gasteiger partial charge in [0.05, 0.1) is 5.71 Å². The van der Waals surface area contributed by atoms with E-state index >= 15 is 0 Å². The fourth-order valence-corrected chi connectivity index (χ4v) is 7.44. The molecule has 0 aromatic heterocycles. The van der Waals surface area contributed by atoms with Crippen molar-refractivity contribution in [2.24, 2.45) is 51.3 Å². The molecule has 0 aromatic rings. The van der Waals surface area contributed by atoms with Gasteiger partial charge in [0, 0.05) is 36.6 Å². The number of carbonyl (C=O) groups excluding carboxylic acids is 2. The molecule has 0 radical (unpaired) electrons. The first-order chi connectivity index (χ1) is 12.8. The van der Waals surface area contributed by atoms with Crippen LogP contribution in [0.15, 0.2) is 5.16 Å². The van der Waals surface area contributed by atoms with Gasteiger partial charge in [-0.2, -0.15) is 0 Å². The lowest BCUT2D eigenvalue weighted by Gasteiger charge is -2.59. The maximum atomic E-state index is 13.3. The first-order valence-electron chi connectivity index (χ1n) is 10.8. The average Bonchev–Trinajstić information content (AvgIpc) is 2.92. The van der Waals surface area contributed by atoms with Crippen molar-refractivity contribution in [1.29, 1.82) is 0 Å². The summed E-state index contributed by atoms with van der Waals surface area (Å²) < 4.78 is 0. The zero-order valence-corrected chi connectivity index (χ0v) is 17.0. The van der Waals surface area contributed by atoms with Gasteiger partial charge in [0.15, 0.2) is 0 Å². The summed E-state index contributed by atoms with van der Waals surface area (Å²) in [4.78, 5) is 31.2. The topological polar surface area (TPSA) is 81.8 Å². The first kappa shape index (κ1) is 19.1. The Morgan fingerprint density at radius 3 is 2.67 bits per heavy atom. The van der Waals surface area contributed by atoms with Crippen molar-refractivity contribution in [3.8, 4) is 0 Å². The van der Waals surface area contributed by atoms with Crippen LogP contribution in [-0.4, -0.2) is 30.4 Å². The van der Waals surface area contributed by atoms with E-state index in [2.05, 4.69) is 25.9 Å². The van der Waals surface area contributed by atoms with Crippen molar-refractivity contribution < 1.29 is 14.4 Å². The van der Waals surface area contributed by atoms with Crippen LogP contribution in [0.25, 0.3) is 0 Å². The number of oxime groups is 1. The SMILES string of the molecule is C[C@@H]1/C(=N/OCCN)CC[C@]2(C)[C@H]3CC[C@]4(C)C(=O)CC[C@H]4[C@@H]3CC(=O)[C@@H]12. The van der Waals surface area contributed by atoms with Gasteiger partial charge in [0.25, 0.3) is 0 Å². The highest BCUT2D eigenvalue weighted by molar-refractivity contribution is 5.95. The van der Waals surface area contributed by atoms with Gasteiger partial charge >= 0.3 is 0 Å². The van der Waals surface area contributed by atoms with Gasteiger partial charge in [-0.3, -0.25) is 9.59 Å². The molecule has 4 aliphatic rings. The molecule has 4 saturated carbocycles. The van der Waals surface area contributed by atoms with Crippen molar-refractivity contribution >= 4 is 17.3 Å². The summed E-state index contributed by atoms with van der Waals surface area (Å²) in [7, 11) is 0. The van der Waals surface area contributed by atoms with E-state index in [-0.39, 0.29) is 22.7 Å². The lowest BCUT2D eigenvalue weighted by atomic mass is 9.43. The molecule has 0 unspecified atom stereocenters. The Kier molecular flexibility index (Phi) is 4.73. The van der Waals surface area contributed by atoms with Crippen LogP contribution >= 0.6 is 0 Å². The Morgan fingerprint density at radius 1 is 1.15 bits per heavy atom. The molecule has 0 heterocycles. The Morgan fingerprint density at radius 2 is 1.93 bits per heavy atom. The second-order valence-corrected chi connectivity index (χ2v) is 9.94. The lowest BCUT2D eigenvalue weighted by Crippen LogP contribution is -2.58. The number of nitrogens with two attached hydrogens (primary N) is 1. The van der Waals surface area contributed by atoms with Crippen LogP contribution in [0.3, 0.4) is 0 Å². The van der Waals surface area contributed by atoms with E-state index < -0.39 is 0 Å². The predicted octanol–water partition coefficient (Wildman–Crippen LogP) is 3.35. The van der Waals surface area contributed by atoms with Gasteiger partial charge in [-0.1, -0.05) is 25.9 Å². The molecule has 2 N–H and O–H groups in total. The van der Waals surface area contributed by atoms with Gasteiger partial charge in [-0.25, -0.2) is 0 Å². The molecule has 4 fully saturated rings. The number of rotatable bonds is 3. The third-order valence-electron chi connectivity index (χ3n) is 8.82. The maximum absolute atomic E-state index is 13.3. The van der Waals surface area contributed by atoms with E-state index in [9.17, 15) is 9.59 Å². The minimum absolute atomic E-state index is 0.0271. The number of Topliss-reactive ketones (excluding diaryl/α,β-unsaturated/α-hetero) is 2. The number of hydrogen-bond donors (Lipinski definition) is 1. The Bertz CT molecular complexity index is 674. The molecule has 5 heteroatoms. The van der Waals surface area contributed by atoms with Crippen LogP contribution in [0.1, 0.15) is 65.7 Å². The third kappa shape index (κ3) is 2.72. The predicted molar refractivity (Wildman–Crippen MR) is 104 cm³/mol. The minimum atomic E-state index is -0.173. The third-order valence-corrected chi connectivity index (χ3v) is 8.82. The van der Waals surface area contributed by atoms with Crippen molar-refractivity contribution in [3.05, 3.63) is 0 Å².